The van der Waals surface area contributed by atoms with Crippen molar-refractivity contribution in [3.63, 3.8) is 0 Å². The van der Waals surface area contributed by atoms with Crippen molar-refractivity contribution in [1.29, 1.82) is 0 Å². The first-order valence-corrected chi connectivity index (χ1v) is 13.0. The molecular formula is C22H27ClN2O3S2. The molecule has 30 heavy (non-hydrogen) atoms. The average Bonchev–Trinajstić information content (AvgIpc) is 2.75. The second-order valence-corrected chi connectivity index (χ2v) is 10.9. The van der Waals surface area contributed by atoms with E-state index in [0.717, 1.165) is 27.7 Å². The molecule has 1 aliphatic heterocycles. The minimum Gasteiger partial charge on any atom is -0.355 e. The Morgan fingerprint density at radius 3 is 2.67 bits per heavy atom. The fourth-order valence-corrected chi connectivity index (χ4v) is 6.09. The van der Waals surface area contributed by atoms with Gasteiger partial charge in [0.05, 0.1) is 10.8 Å². The van der Waals surface area contributed by atoms with Crippen molar-refractivity contribution < 1.29 is 13.2 Å². The molecule has 0 radical (unpaired) electrons. The number of amides is 1. The van der Waals surface area contributed by atoms with Crippen molar-refractivity contribution in [2.45, 2.75) is 30.4 Å². The highest BCUT2D eigenvalue weighted by molar-refractivity contribution is 7.98. The largest absolute Gasteiger partial charge is 0.355 e. The zero-order valence-corrected chi connectivity index (χ0v) is 19.4. The molecule has 162 valence electrons. The lowest BCUT2D eigenvalue weighted by Crippen LogP contribution is -2.45. The summed E-state index contributed by atoms with van der Waals surface area (Å²) >= 11 is 7.86. The van der Waals surface area contributed by atoms with Gasteiger partial charge in [0.15, 0.2) is 0 Å². The predicted molar refractivity (Wildman–Crippen MR) is 123 cm³/mol. The lowest BCUT2D eigenvalue weighted by Gasteiger charge is -2.31. The van der Waals surface area contributed by atoms with Crippen LogP contribution in [0.25, 0.3) is 0 Å². The fourth-order valence-electron chi connectivity index (χ4n) is 3.42. The molecule has 1 heterocycles. The van der Waals surface area contributed by atoms with Crippen LogP contribution in [-0.4, -0.2) is 44.0 Å². The second kappa shape index (κ2) is 10.7. The Kier molecular flexibility index (Phi) is 8.22. The quantitative estimate of drug-likeness (QED) is 0.595. The molecular weight excluding hydrogens is 440 g/mol. The number of benzene rings is 2. The number of carbonyl (C=O) groups is 1. The molecule has 0 unspecified atom stereocenters. The Bertz CT molecular complexity index is 965. The van der Waals surface area contributed by atoms with Gasteiger partial charge < -0.3 is 5.32 Å². The Labute approximate surface area is 188 Å². The molecule has 2 aromatic rings. The first kappa shape index (κ1) is 23.1. The van der Waals surface area contributed by atoms with Gasteiger partial charge in [0.25, 0.3) is 0 Å². The van der Waals surface area contributed by atoms with Gasteiger partial charge in [0.1, 0.15) is 0 Å². The number of nitrogens with one attached hydrogen (secondary N) is 1. The van der Waals surface area contributed by atoms with Crippen LogP contribution in [-0.2, 0) is 20.6 Å². The van der Waals surface area contributed by atoms with Crippen molar-refractivity contribution in [3.05, 3.63) is 64.7 Å². The number of carbonyl (C=O) groups excluding carboxylic acids is 1. The molecule has 8 heteroatoms. The number of nitrogens with zero attached hydrogens (tertiary/aromatic N) is 1. The number of rotatable bonds is 8. The summed E-state index contributed by atoms with van der Waals surface area (Å²) in [6.07, 6.45) is 1.39. The molecule has 1 amide bonds. The van der Waals surface area contributed by atoms with E-state index in [1.165, 1.54) is 4.31 Å². The maximum atomic E-state index is 12.9. The van der Waals surface area contributed by atoms with Crippen molar-refractivity contribution in [2.24, 2.45) is 5.92 Å². The van der Waals surface area contributed by atoms with Crippen molar-refractivity contribution in [3.8, 4) is 0 Å². The van der Waals surface area contributed by atoms with Crippen molar-refractivity contribution in [2.75, 3.05) is 25.4 Å². The number of hydrogen-bond acceptors (Lipinski definition) is 4. The summed E-state index contributed by atoms with van der Waals surface area (Å²) < 4.78 is 27.3. The van der Waals surface area contributed by atoms with E-state index >= 15 is 0 Å². The summed E-state index contributed by atoms with van der Waals surface area (Å²) in [7, 11) is -3.57. The summed E-state index contributed by atoms with van der Waals surface area (Å²) in [6, 6.07) is 14.6. The molecule has 1 saturated heterocycles. The summed E-state index contributed by atoms with van der Waals surface area (Å²) in [5.74, 6) is 1.18. The van der Waals surface area contributed by atoms with Gasteiger partial charge in [-0.25, -0.2) is 8.42 Å². The van der Waals surface area contributed by atoms with Crippen LogP contribution in [0.4, 0.5) is 0 Å². The molecule has 2 aromatic carbocycles. The van der Waals surface area contributed by atoms with Gasteiger partial charge in [0, 0.05) is 36.2 Å². The Balaban J connectivity index is 1.47. The fraction of sp³-hybridized carbons (Fsp3) is 0.409. The molecule has 1 fully saturated rings. The molecule has 5 nitrogen and oxygen atoms in total. The Morgan fingerprint density at radius 1 is 1.20 bits per heavy atom. The molecule has 0 bridgehead atoms. The van der Waals surface area contributed by atoms with E-state index in [0.29, 0.717) is 25.9 Å². The third-order valence-electron chi connectivity index (χ3n) is 5.17. The maximum Gasteiger partial charge on any atom is 0.243 e. The average molecular weight is 467 g/mol. The normalized spacial score (nSPS) is 17.6. The standard InChI is InChI=1S/C22H27ClN2O3S2/c1-17-8-10-20(11-9-17)30(27,28)25-13-4-6-18(15-25)22(26)24-12-14-29-16-19-5-2-3-7-21(19)23/h2-3,5,7-11,18H,4,6,12-16H2,1H3,(H,24,26)/t18-/m1/s1. The third-order valence-corrected chi connectivity index (χ3v) is 8.43. The molecule has 0 aliphatic carbocycles. The zero-order valence-electron chi connectivity index (χ0n) is 17.0. The van der Waals surface area contributed by atoms with Crippen LogP contribution in [0.2, 0.25) is 5.02 Å². The van der Waals surface area contributed by atoms with E-state index < -0.39 is 10.0 Å². The van der Waals surface area contributed by atoms with Gasteiger partial charge in [0.2, 0.25) is 15.9 Å². The number of aryl methyl sites for hydroxylation is 1. The van der Waals surface area contributed by atoms with E-state index in [1.807, 2.05) is 31.2 Å². The Hall–Kier alpha value is -1.54. The van der Waals surface area contributed by atoms with Gasteiger partial charge in [-0.05, 0) is 43.5 Å². The van der Waals surface area contributed by atoms with Gasteiger partial charge >= 0.3 is 0 Å². The number of hydrogen-bond donors (Lipinski definition) is 1. The molecule has 1 atom stereocenters. The predicted octanol–water partition coefficient (Wildman–Crippen LogP) is 4.10. The number of thioether (sulfide) groups is 1. The third kappa shape index (κ3) is 6.00. The van der Waals surface area contributed by atoms with Crippen LogP contribution in [0, 0.1) is 12.8 Å². The van der Waals surface area contributed by atoms with Crippen LogP contribution in [0.15, 0.2) is 53.4 Å². The van der Waals surface area contributed by atoms with Crippen molar-refractivity contribution in [1.82, 2.24) is 9.62 Å². The Morgan fingerprint density at radius 2 is 1.93 bits per heavy atom. The highest BCUT2D eigenvalue weighted by atomic mass is 35.5. The molecule has 0 spiro atoms. The monoisotopic (exact) mass is 466 g/mol. The lowest BCUT2D eigenvalue weighted by molar-refractivity contribution is -0.125. The zero-order chi connectivity index (χ0) is 21.6. The SMILES string of the molecule is Cc1ccc(S(=O)(=O)N2CCC[C@@H](C(=O)NCCSCc3ccccc3Cl)C2)cc1. The highest BCUT2D eigenvalue weighted by Gasteiger charge is 2.33. The van der Waals surface area contributed by atoms with Gasteiger partial charge in [-0.2, -0.15) is 16.1 Å². The molecule has 3 rings (SSSR count). The van der Waals surface area contributed by atoms with Crippen LogP contribution in [0.5, 0.6) is 0 Å². The molecule has 0 saturated carbocycles. The number of halogens is 1. The van der Waals surface area contributed by atoms with Gasteiger partial charge in [-0.15, -0.1) is 0 Å². The number of piperidine rings is 1. The summed E-state index contributed by atoms with van der Waals surface area (Å²) in [6.45, 7) is 3.15. The minimum atomic E-state index is -3.57. The topological polar surface area (TPSA) is 66.5 Å². The van der Waals surface area contributed by atoms with Crippen molar-refractivity contribution >= 4 is 39.3 Å². The van der Waals surface area contributed by atoms with Gasteiger partial charge in [-0.1, -0.05) is 47.5 Å². The van der Waals surface area contributed by atoms with Crippen LogP contribution < -0.4 is 5.32 Å². The summed E-state index contributed by atoms with van der Waals surface area (Å²) in [4.78, 5) is 12.9. The van der Waals surface area contributed by atoms with E-state index in [4.69, 9.17) is 11.6 Å². The first-order valence-electron chi connectivity index (χ1n) is 10.0. The van der Waals surface area contributed by atoms with E-state index in [1.54, 1.807) is 36.0 Å². The summed E-state index contributed by atoms with van der Waals surface area (Å²) in [5.41, 5.74) is 2.09. The van der Waals surface area contributed by atoms with E-state index in [-0.39, 0.29) is 23.3 Å². The molecule has 1 N–H and O–H groups in total. The summed E-state index contributed by atoms with van der Waals surface area (Å²) in [5, 5.41) is 3.71. The van der Waals surface area contributed by atoms with Crippen LogP contribution >= 0.6 is 23.4 Å². The van der Waals surface area contributed by atoms with Crippen LogP contribution in [0.3, 0.4) is 0 Å². The highest BCUT2D eigenvalue weighted by Crippen LogP contribution is 2.24. The second-order valence-electron chi connectivity index (χ2n) is 7.45. The maximum absolute atomic E-state index is 12.9. The molecule has 0 aromatic heterocycles. The smallest absolute Gasteiger partial charge is 0.243 e. The number of sulfonamides is 1. The first-order chi connectivity index (χ1) is 14.4. The molecule has 1 aliphatic rings. The minimum absolute atomic E-state index is 0.0721. The lowest BCUT2D eigenvalue weighted by atomic mass is 9.99. The van der Waals surface area contributed by atoms with E-state index in [9.17, 15) is 13.2 Å². The van der Waals surface area contributed by atoms with Gasteiger partial charge in [-0.3, -0.25) is 4.79 Å². The van der Waals surface area contributed by atoms with Crippen LogP contribution in [0.1, 0.15) is 24.0 Å². The van der Waals surface area contributed by atoms with E-state index in [2.05, 4.69) is 5.32 Å².